The van der Waals surface area contributed by atoms with Crippen LogP contribution in [0.25, 0.3) is 0 Å². The zero-order chi connectivity index (χ0) is 21.2. The number of ether oxygens (including phenoxy) is 1. The molecule has 1 amide bonds. The topological polar surface area (TPSA) is 79.1 Å². The average molecular weight is 540 g/mol. The van der Waals surface area contributed by atoms with E-state index in [1.807, 2.05) is 24.3 Å². The predicted molar refractivity (Wildman–Crippen MR) is 134 cm³/mol. The highest BCUT2D eigenvalue weighted by Crippen LogP contribution is 2.18. The van der Waals surface area contributed by atoms with Gasteiger partial charge in [-0.2, -0.15) is 0 Å². The van der Waals surface area contributed by atoms with E-state index in [0.29, 0.717) is 12.3 Å². The number of benzene rings is 1. The van der Waals surface area contributed by atoms with E-state index < -0.39 is 0 Å². The van der Waals surface area contributed by atoms with Crippen LogP contribution >= 0.6 is 24.0 Å². The second-order valence-corrected chi connectivity index (χ2v) is 7.57. The number of rotatable bonds is 8. The van der Waals surface area contributed by atoms with Crippen molar-refractivity contribution in [3.8, 4) is 0 Å². The SMILES string of the molecule is CCNC(=NCc1cccc(NC(=O)c2ccco2)c1)N(C)CCC1CCOCC1.I. The molecule has 3 rings (SSSR count). The Morgan fingerprint density at radius 1 is 1.23 bits per heavy atom. The number of hydrogen-bond acceptors (Lipinski definition) is 4. The van der Waals surface area contributed by atoms with Crippen molar-refractivity contribution < 1.29 is 13.9 Å². The maximum absolute atomic E-state index is 12.2. The molecule has 1 saturated heterocycles. The smallest absolute Gasteiger partial charge is 0.291 e. The monoisotopic (exact) mass is 540 g/mol. The van der Waals surface area contributed by atoms with Crippen LogP contribution in [-0.4, -0.2) is 50.1 Å². The van der Waals surface area contributed by atoms with Gasteiger partial charge in [0.2, 0.25) is 0 Å². The van der Waals surface area contributed by atoms with E-state index in [9.17, 15) is 4.79 Å². The van der Waals surface area contributed by atoms with Crippen LogP contribution in [0.2, 0.25) is 0 Å². The van der Waals surface area contributed by atoms with Crippen molar-refractivity contribution in [2.45, 2.75) is 32.7 Å². The number of guanidine groups is 1. The van der Waals surface area contributed by atoms with E-state index >= 15 is 0 Å². The van der Waals surface area contributed by atoms with Crippen molar-refractivity contribution in [1.29, 1.82) is 0 Å². The molecule has 0 radical (unpaired) electrons. The first kappa shape index (κ1) is 25.2. The van der Waals surface area contributed by atoms with Crippen molar-refractivity contribution in [3.63, 3.8) is 0 Å². The molecule has 2 aromatic rings. The third kappa shape index (κ3) is 8.17. The lowest BCUT2D eigenvalue weighted by molar-refractivity contribution is 0.0625. The van der Waals surface area contributed by atoms with Gasteiger partial charge in [0.15, 0.2) is 11.7 Å². The summed E-state index contributed by atoms with van der Waals surface area (Å²) in [7, 11) is 2.08. The van der Waals surface area contributed by atoms with Crippen LogP contribution in [0.5, 0.6) is 0 Å². The fourth-order valence-electron chi connectivity index (χ4n) is 3.50. The Kier molecular flexibility index (Phi) is 10.9. The van der Waals surface area contributed by atoms with Crippen molar-refractivity contribution in [2.75, 3.05) is 38.7 Å². The van der Waals surface area contributed by atoms with Gasteiger partial charge in [-0.15, -0.1) is 24.0 Å². The molecule has 0 bridgehead atoms. The fraction of sp³-hybridized carbons (Fsp3) is 0.478. The molecule has 1 aliphatic rings. The summed E-state index contributed by atoms with van der Waals surface area (Å²) in [4.78, 5) is 19.2. The second-order valence-electron chi connectivity index (χ2n) is 7.57. The molecular weight excluding hydrogens is 507 g/mol. The number of halogens is 1. The summed E-state index contributed by atoms with van der Waals surface area (Å²) in [6, 6.07) is 11.1. The molecule has 1 aliphatic heterocycles. The van der Waals surface area contributed by atoms with Gasteiger partial charge in [0.25, 0.3) is 5.91 Å². The summed E-state index contributed by atoms with van der Waals surface area (Å²) in [5.41, 5.74) is 1.75. The molecule has 1 fully saturated rings. The molecule has 0 atom stereocenters. The van der Waals surface area contributed by atoms with Gasteiger partial charge in [-0.05, 0) is 61.9 Å². The van der Waals surface area contributed by atoms with Crippen LogP contribution in [0.4, 0.5) is 5.69 Å². The van der Waals surface area contributed by atoms with Gasteiger partial charge < -0.3 is 24.7 Å². The highest BCUT2D eigenvalue weighted by Gasteiger charge is 2.15. The number of amides is 1. The summed E-state index contributed by atoms with van der Waals surface area (Å²) < 4.78 is 10.6. The minimum Gasteiger partial charge on any atom is -0.459 e. The van der Waals surface area contributed by atoms with Gasteiger partial charge in [-0.3, -0.25) is 4.79 Å². The zero-order valence-electron chi connectivity index (χ0n) is 18.3. The number of aliphatic imine (C=N–C) groups is 1. The maximum atomic E-state index is 12.2. The first-order valence-electron chi connectivity index (χ1n) is 10.7. The molecule has 7 nitrogen and oxygen atoms in total. The third-order valence-corrected chi connectivity index (χ3v) is 5.25. The van der Waals surface area contributed by atoms with Crippen LogP contribution in [0.3, 0.4) is 0 Å². The molecule has 2 heterocycles. The third-order valence-electron chi connectivity index (χ3n) is 5.25. The van der Waals surface area contributed by atoms with Crippen molar-refractivity contribution in [3.05, 3.63) is 54.0 Å². The normalized spacial score (nSPS) is 14.6. The molecule has 170 valence electrons. The molecule has 1 aromatic heterocycles. The number of anilines is 1. The Hall–Kier alpha value is -2.07. The lowest BCUT2D eigenvalue weighted by Gasteiger charge is -2.26. The number of nitrogens with zero attached hydrogens (tertiary/aromatic N) is 2. The van der Waals surface area contributed by atoms with Gasteiger partial charge >= 0.3 is 0 Å². The van der Waals surface area contributed by atoms with Gasteiger partial charge in [0.1, 0.15) is 0 Å². The summed E-state index contributed by atoms with van der Waals surface area (Å²) in [6.45, 7) is 6.17. The summed E-state index contributed by atoms with van der Waals surface area (Å²) >= 11 is 0. The highest BCUT2D eigenvalue weighted by atomic mass is 127. The molecule has 0 aliphatic carbocycles. The molecule has 31 heavy (non-hydrogen) atoms. The minimum absolute atomic E-state index is 0. The number of nitrogens with one attached hydrogen (secondary N) is 2. The van der Waals surface area contributed by atoms with Gasteiger partial charge in [0.05, 0.1) is 12.8 Å². The van der Waals surface area contributed by atoms with Crippen molar-refractivity contribution >= 4 is 41.5 Å². The minimum atomic E-state index is -0.262. The number of hydrogen-bond donors (Lipinski definition) is 2. The predicted octanol–water partition coefficient (Wildman–Crippen LogP) is 4.36. The van der Waals surface area contributed by atoms with Crippen LogP contribution in [0, 0.1) is 5.92 Å². The van der Waals surface area contributed by atoms with Crippen molar-refractivity contribution in [1.82, 2.24) is 10.2 Å². The second kappa shape index (κ2) is 13.4. The Morgan fingerprint density at radius 3 is 2.74 bits per heavy atom. The number of carbonyl (C=O) groups excluding carboxylic acids is 1. The van der Waals surface area contributed by atoms with Crippen LogP contribution < -0.4 is 10.6 Å². The first-order valence-corrected chi connectivity index (χ1v) is 10.7. The number of carbonyl (C=O) groups is 1. The van der Waals surface area contributed by atoms with Crippen LogP contribution in [0.1, 0.15) is 42.3 Å². The van der Waals surface area contributed by atoms with Crippen molar-refractivity contribution in [2.24, 2.45) is 10.9 Å². The van der Waals surface area contributed by atoms with Crippen LogP contribution in [0.15, 0.2) is 52.1 Å². The lowest BCUT2D eigenvalue weighted by Crippen LogP contribution is -2.40. The van der Waals surface area contributed by atoms with E-state index in [0.717, 1.165) is 68.7 Å². The summed E-state index contributed by atoms with van der Waals surface area (Å²) in [6.07, 6.45) is 4.94. The summed E-state index contributed by atoms with van der Waals surface area (Å²) in [5.74, 6) is 1.66. The lowest BCUT2D eigenvalue weighted by atomic mass is 9.96. The molecular formula is C23H33IN4O3. The van der Waals surface area contributed by atoms with Gasteiger partial charge in [0, 0.05) is 39.0 Å². The molecule has 0 unspecified atom stereocenters. The Morgan fingerprint density at radius 2 is 2.03 bits per heavy atom. The standard InChI is InChI=1S/C23H32N4O3.HI/c1-3-24-23(27(2)12-9-18-10-14-29-15-11-18)25-17-19-6-4-7-20(16-19)26-22(28)21-8-5-13-30-21;/h4-8,13,16,18H,3,9-12,14-15,17H2,1-2H3,(H,24,25)(H,26,28);1H. The Balaban J connectivity index is 0.00000341. The molecule has 0 spiro atoms. The zero-order valence-corrected chi connectivity index (χ0v) is 20.6. The maximum Gasteiger partial charge on any atom is 0.291 e. The van der Waals surface area contributed by atoms with E-state index in [2.05, 4.69) is 29.5 Å². The van der Waals surface area contributed by atoms with Gasteiger partial charge in [-0.25, -0.2) is 4.99 Å². The van der Waals surface area contributed by atoms with Gasteiger partial charge in [-0.1, -0.05) is 12.1 Å². The molecule has 2 N–H and O–H groups in total. The quantitative estimate of drug-likeness (QED) is 0.296. The fourth-order valence-corrected chi connectivity index (χ4v) is 3.50. The summed E-state index contributed by atoms with van der Waals surface area (Å²) in [5, 5.41) is 6.23. The van der Waals surface area contributed by atoms with E-state index in [4.69, 9.17) is 14.1 Å². The molecule has 0 saturated carbocycles. The first-order chi connectivity index (χ1) is 14.7. The van der Waals surface area contributed by atoms with Crippen LogP contribution in [-0.2, 0) is 11.3 Å². The number of furan rings is 1. The van der Waals surface area contributed by atoms with E-state index in [-0.39, 0.29) is 29.9 Å². The molecule has 8 heteroatoms. The Labute approximate surface area is 201 Å². The Bertz CT molecular complexity index is 820. The largest absolute Gasteiger partial charge is 0.459 e. The average Bonchev–Trinajstić information content (AvgIpc) is 3.31. The van der Waals surface area contributed by atoms with E-state index in [1.54, 1.807) is 12.1 Å². The van der Waals surface area contributed by atoms with E-state index in [1.165, 1.54) is 6.26 Å². The highest BCUT2D eigenvalue weighted by molar-refractivity contribution is 14.0. The molecule has 1 aromatic carbocycles.